The molecule has 5 heteroatoms. The zero-order valence-electron chi connectivity index (χ0n) is 9.57. The highest BCUT2D eigenvalue weighted by atomic mass is 79.9. The molecule has 0 fully saturated rings. The molecule has 0 saturated carbocycles. The molecule has 0 saturated heterocycles. The van der Waals surface area contributed by atoms with Crippen LogP contribution in [0.5, 0.6) is 0 Å². The summed E-state index contributed by atoms with van der Waals surface area (Å²) in [6, 6.07) is 6.31. The summed E-state index contributed by atoms with van der Waals surface area (Å²) in [5.74, 6) is 0.346. The minimum absolute atomic E-state index is 0.0359. The van der Waals surface area contributed by atoms with Crippen LogP contribution in [0.15, 0.2) is 32.7 Å². The summed E-state index contributed by atoms with van der Waals surface area (Å²) < 4.78 is 2.18. The second-order valence-corrected chi connectivity index (χ2v) is 7.75. The van der Waals surface area contributed by atoms with Crippen molar-refractivity contribution >= 4 is 43.2 Å². The van der Waals surface area contributed by atoms with E-state index in [1.165, 1.54) is 16.1 Å². The topological polar surface area (TPSA) is 38.9 Å². The maximum Gasteiger partial charge on any atom is 0.0843 e. The first-order valence-electron chi connectivity index (χ1n) is 5.81. The number of rotatable bonds is 2. The average molecular weight is 388 g/mol. The lowest BCUT2D eigenvalue weighted by molar-refractivity contribution is 0.548. The van der Waals surface area contributed by atoms with Crippen molar-refractivity contribution in [2.24, 2.45) is 5.73 Å². The van der Waals surface area contributed by atoms with Gasteiger partial charge in [0.1, 0.15) is 0 Å². The van der Waals surface area contributed by atoms with Gasteiger partial charge in [0.2, 0.25) is 0 Å². The third kappa shape index (κ3) is 2.18. The Bertz CT molecular complexity index is 563. The lowest BCUT2D eigenvalue weighted by Gasteiger charge is -2.17. The van der Waals surface area contributed by atoms with E-state index in [4.69, 9.17) is 5.73 Å². The molecule has 0 aliphatic heterocycles. The fraction of sp³-hybridized carbons (Fsp3) is 0.308. The summed E-state index contributed by atoms with van der Waals surface area (Å²) in [4.78, 5) is 5.72. The van der Waals surface area contributed by atoms with Crippen molar-refractivity contribution in [3.63, 3.8) is 0 Å². The first-order chi connectivity index (χ1) is 8.66. The maximum absolute atomic E-state index is 6.43. The first-order valence-corrected chi connectivity index (χ1v) is 8.21. The fourth-order valence-electron chi connectivity index (χ4n) is 2.52. The number of thiophene rings is 1. The molecule has 2 heterocycles. The van der Waals surface area contributed by atoms with Crippen molar-refractivity contribution in [3.05, 3.63) is 48.8 Å². The van der Waals surface area contributed by atoms with Crippen LogP contribution in [0.4, 0.5) is 0 Å². The SMILES string of the molecule is NC(c1cc(Br)c(Br)s1)C1CCc2cccnc21. The van der Waals surface area contributed by atoms with E-state index in [0.717, 1.165) is 21.1 Å². The van der Waals surface area contributed by atoms with E-state index in [1.54, 1.807) is 11.3 Å². The molecular formula is C13H12Br2N2S. The van der Waals surface area contributed by atoms with Crippen LogP contribution in [0.3, 0.4) is 0 Å². The molecule has 2 aromatic heterocycles. The van der Waals surface area contributed by atoms with Crippen molar-refractivity contribution in [2.45, 2.75) is 24.8 Å². The van der Waals surface area contributed by atoms with Crippen LogP contribution in [-0.4, -0.2) is 4.98 Å². The summed E-state index contributed by atoms with van der Waals surface area (Å²) >= 11 is 8.74. The van der Waals surface area contributed by atoms with Crippen molar-refractivity contribution in [2.75, 3.05) is 0 Å². The van der Waals surface area contributed by atoms with E-state index in [1.807, 2.05) is 12.3 Å². The molecule has 0 spiro atoms. The Morgan fingerprint density at radius 1 is 1.44 bits per heavy atom. The molecule has 2 nitrogen and oxygen atoms in total. The zero-order chi connectivity index (χ0) is 12.7. The molecular weight excluding hydrogens is 376 g/mol. The Hall–Kier alpha value is -0.230. The predicted octanol–water partition coefficient (Wildman–Crippen LogP) is 4.40. The van der Waals surface area contributed by atoms with Gasteiger partial charge in [-0.05, 0) is 62.4 Å². The fourth-order valence-corrected chi connectivity index (χ4v) is 4.68. The Labute approximate surface area is 127 Å². The third-order valence-corrected chi connectivity index (χ3v) is 6.79. The van der Waals surface area contributed by atoms with Crippen LogP contribution < -0.4 is 5.73 Å². The molecule has 0 radical (unpaired) electrons. The number of hydrogen-bond acceptors (Lipinski definition) is 3. The highest BCUT2D eigenvalue weighted by molar-refractivity contribution is 9.13. The quantitative estimate of drug-likeness (QED) is 0.829. The second-order valence-electron chi connectivity index (χ2n) is 4.49. The van der Waals surface area contributed by atoms with Gasteiger partial charge in [-0.25, -0.2) is 0 Å². The number of aryl methyl sites for hydroxylation is 1. The number of hydrogen-bond donors (Lipinski definition) is 1. The standard InChI is InChI=1S/C13H12Br2N2S/c14-9-6-10(18-13(9)15)11(16)8-4-3-7-2-1-5-17-12(7)8/h1-2,5-6,8,11H,3-4,16H2. The Kier molecular flexibility index (Phi) is 3.58. The molecule has 1 aliphatic rings. The molecule has 2 atom stereocenters. The van der Waals surface area contributed by atoms with Crippen LogP contribution in [0.25, 0.3) is 0 Å². The van der Waals surface area contributed by atoms with E-state index in [2.05, 4.69) is 49.0 Å². The molecule has 0 aromatic carbocycles. The van der Waals surface area contributed by atoms with E-state index in [9.17, 15) is 0 Å². The largest absolute Gasteiger partial charge is 0.323 e. The normalized spacial score (nSPS) is 19.8. The van der Waals surface area contributed by atoms with Gasteiger partial charge < -0.3 is 5.73 Å². The molecule has 3 rings (SSSR count). The summed E-state index contributed by atoms with van der Waals surface area (Å²) in [5, 5.41) is 0. The Morgan fingerprint density at radius 3 is 3.00 bits per heavy atom. The number of nitrogens with zero attached hydrogens (tertiary/aromatic N) is 1. The number of pyridine rings is 1. The van der Waals surface area contributed by atoms with Crippen molar-refractivity contribution in [1.82, 2.24) is 4.98 Å². The third-order valence-electron chi connectivity index (χ3n) is 3.43. The molecule has 2 unspecified atom stereocenters. The van der Waals surface area contributed by atoms with Gasteiger partial charge in [-0.1, -0.05) is 6.07 Å². The molecule has 94 valence electrons. The number of halogens is 2. The highest BCUT2D eigenvalue weighted by Gasteiger charge is 2.30. The van der Waals surface area contributed by atoms with Crippen LogP contribution in [0.2, 0.25) is 0 Å². The molecule has 2 aromatic rings. The van der Waals surface area contributed by atoms with Crippen LogP contribution in [0, 0.1) is 0 Å². The van der Waals surface area contributed by atoms with Gasteiger partial charge in [-0.2, -0.15) is 0 Å². The van der Waals surface area contributed by atoms with Crippen LogP contribution in [0.1, 0.15) is 34.5 Å². The highest BCUT2D eigenvalue weighted by Crippen LogP contribution is 2.43. The monoisotopic (exact) mass is 386 g/mol. The molecule has 1 aliphatic carbocycles. The average Bonchev–Trinajstić information content (AvgIpc) is 2.93. The summed E-state index contributed by atoms with van der Waals surface area (Å²) in [6.07, 6.45) is 4.06. The van der Waals surface area contributed by atoms with Crippen LogP contribution >= 0.6 is 43.2 Å². The van der Waals surface area contributed by atoms with E-state index >= 15 is 0 Å². The Morgan fingerprint density at radius 2 is 2.28 bits per heavy atom. The van der Waals surface area contributed by atoms with Gasteiger partial charge in [0.25, 0.3) is 0 Å². The minimum Gasteiger partial charge on any atom is -0.323 e. The van der Waals surface area contributed by atoms with E-state index in [0.29, 0.717) is 5.92 Å². The van der Waals surface area contributed by atoms with Gasteiger partial charge in [-0.3, -0.25) is 4.98 Å². The smallest absolute Gasteiger partial charge is 0.0843 e. The maximum atomic E-state index is 6.43. The Balaban J connectivity index is 1.92. The van der Waals surface area contributed by atoms with E-state index in [-0.39, 0.29) is 6.04 Å². The summed E-state index contributed by atoms with van der Waals surface area (Å²) in [7, 11) is 0. The summed E-state index contributed by atoms with van der Waals surface area (Å²) in [5.41, 5.74) is 8.97. The lowest BCUT2D eigenvalue weighted by Crippen LogP contribution is -2.17. The molecule has 0 amide bonds. The number of aromatic nitrogens is 1. The van der Waals surface area contributed by atoms with Crippen molar-refractivity contribution < 1.29 is 0 Å². The van der Waals surface area contributed by atoms with Gasteiger partial charge in [0.15, 0.2) is 0 Å². The van der Waals surface area contributed by atoms with Gasteiger partial charge in [-0.15, -0.1) is 11.3 Å². The molecule has 2 N–H and O–H groups in total. The predicted molar refractivity (Wildman–Crippen MR) is 81.9 cm³/mol. The first kappa shape index (κ1) is 12.8. The van der Waals surface area contributed by atoms with Gasteiger partial charge in [0.05, 0.1) is 3.79 Å². The summed E-state index contributed by atoms with van der Waals surface area (Å²) in [6.45, 7) is 0. The second kappa shape index (κ2) is 5.04. The van der Waals surface area contributed by atoms with Gasteiger partial charge >= 0.3 is 0 Å². The zero-order valence-corrected chi connectivity index (χ0v) is 13.6. The van der Waals surface area contributed by atoms with Crippen molar-refractivity contribution in [3.8, 4) is 0 Å². The van der Waals surface area contributed by atoms with Crippen molar-refractivity contribution in [1.29, 1.82) is 0 Å². The molecule has 0 bridgehead atoms. The van der Waals surface area contributed by atoms with Gasteiger partial charge in [0, 0.05) is 33.2 Å². The number of fused-ring (bicyclic) bond motifs is 1. The van der Waals surface area contributed by atoms with E-state index < -0.39 is 0 Å². The van der Waals surface area contributed by atoms with Crippen LogP contribution in [-0.2, 0) is 6.42 Å². The molecule has 18 heavy (non-hydrogen) atoms. The lowest BCUT2D eigenvalue weighted by atomic mass is 9.96. The minimum atomic E-state index is 0.0359. The number of nitrogens with two attached hydrogens (primary N) is 1.